The second-order valence-electron chi connectivity index (χ2n) is 7.67. The van der Waals surface area contributed by atoms with Crippen molar-refractivity contribution in [2.75, 3.05) is 25.1 Å². The van der Waals surface area contributed by atoms with Gasteiger partial charge < -0.3 is 19.1 Å². The summed E-state index contributed by atoms with van der Waals surface area (Å²) in [6.07, 6.45) is 0. The van der Waals surface area contributed by atoms with E-state index in [2.05, 4.69) is 50.4 Å². The van der Waals surface area contributed by atoms with Crippen LogP contribution in [0.2, 0.25) is 0 Å². The van der Waals surface area contributed by atoms with Gasteiger partial charge in [0.1, 0.15) is 11.5 Å². The number of ether oxygens (including phenoxy) is 1. The highest BCUT2D eigenvalue weighted by atomic mass is 32.5. The van der Waals surface area contributed by atoms with Crippen molar-refractivity contribution in [3.8, 4) is 5.75 Å². The van der Waals surface area contributed by atoms with Gasteiger partial charge in [-0.1, -0.05) is 43.7 Å². The van der Waals surface area contributed by atoms with Gasteiger partial charge in [0, 0.05) is 11.1 Å². The van der Waals surface area contributed by atoms with E-state index in [1.807, 2.05) is 31.2 Å². The Kier molecular flexibility index (Phi) is 6.27. The van der Waals surface area contributed by atoms with Crippen molar-refractivity contribution >= 4 is 24.0 Å². The zero-order valence-corrected chi connectivity index (χ0v) is 18.1. The van der Waals surface area contributed by atoms with Crippen LogP contribution in [-0.2, 0) is 20.9 Å². The Hall–Kier alpha value is -1.39. The van der Waals surface area contributed by atoms with Gasteiger partial charge in [0.2, 0.25) is 6.49 Å². The zero-order valence-electron chi connectivity index (χ0n) is 16.4. The summed E-state index contributed by atoms with van der Waals surface area (Å²) in [5.41, 5.74) is 3.24. The van der Waals surface area contributed by atoms with Gasteiger partial charge in [-0.2, -0.15) is 0 Å². The highest BCUT2D eigenvalue weighted by Gasteiger charge is 2.40. The molecular formula is C21H28NO3PS. The van der Waals surface area contributed by atoms with Crippen LogP contribution in [0.5, 0.6) is 5.75 Å². The third-order valence-electron chi connectivity index (χ3n) is 4.45. The summed E-state index contributed by atoms with van der Waals surface area (Å²) in [5, 5.41) is 3.56. The molecule has 2 aromatic carbocycles. The van der Waals surface area contributed by atoms with Crippen LogP contribution < -0.4 is 10.1 Å². The fourth-order valence-corrected chi connectivity index (χ4v) is 5.94. The first-order valence-corrected chi connectivity index (χ1v) is 12.0. The number of rotatable bonds is 6. The number of aryl methyl sites for hydroxylation is 1. The van der Waals surface area contributed by atoms with Crippen LogP contribution in [0.1, 0.15) is 37.7 Å². The molecule has 1 aliphatic rings. The van der Waals surface area contributed by atoms with Gasteiger partial charge >= 0.3 is 0 Å². The summed E-state index contributed by atoms with van der Waals surface area (Å²) in [6.45, 7) is 7.64. The molecule has 0 radical (unpaired) electrons. The van der Waals surface area contributed by atoms with Crippen LogP contribution in [0.3, 0.4) is 0 Å². The molecule has 0 amide bonds. The minimum Gasteiger partial charge on any atom is -0.494 e. The van der Waals surface area contributed by atoms with Crippen LogP contribution in [-0.4, -0.2) is 19.8 Å². The average molecular weight is 406 g/mol. The maximum atomic E-state index is 6.18. The number of nitrogens with one attached hydrogen (secondary N) is 1. The first kappa shape index (κ1) is 20.3. The standard InChI is InChI=1S/C21H28NO3PS/c1-5-23-19-12-10-18(11-13-19)22-20(17-8-6-16(2)7-9-17)26(27)24-14-21(3,4)15-25-26/h6-13,20,22H,5,14-15H2,1-4H3. The topological polar surface area (TPSA) is 39.7 Å². The fourth-order valence-electron chi connectivity index (χ4n) is 2.82. The number of hydrogen-bond acceptors (Lipinski definition) is 5. The summed E-state index contributed by atoms with van der Waals surface area (Å²) in [5.74, 6) is 0.645. The van der Waals surface area contributed by atoms with Gasteiger partial charge in [0.15, 0.2) is 0 Å². The van der Waals surface area contributed by atoms with E-state index in [1.165, 1.54) is 5.56 Å². The molecule has 27 heavy (non-hydrogen) atoms. The van der Waals surface area contributed by atoms with Crippen molar-refractivity contribution in [2.24, 2.45) is 5.41 Å². The second-order valence-corrected chi connectivity index (χ2v) is 11.3. The Morgan fingerprint density at radius 3 is 2.22 bits per heavy atom. The molecule has 0 spiro atoms. The summed E-state index contributed by atoms with van der Waals surface area (Å²) in [4.78, 5) is 0. The van der Waals surface area contributed by atoms with Crippen molar-refractivity contribution < 1.29 is 13.8 Å². The first-order chi connectivity index (χ1) is 12.8. The fraction of sp³-hybridized carbons (Fsp3) is 0.429. The SMILES string of the molecule is CCOc1ccc(NC(c2ccc(C)cc2)P2(=S)OCC(C)(C)CO2)cc1. The van der Waals surface area contributed by atoms with Crippen LogP contribution in [0, 0.1) is 12.3 Å². The van der Waals surface area contributed by atoms with Crippen molar-refractivity contribution in [1.29, 1.82) is 0 Å². The smallest absolute Gasteiger partial charge is 0.215 e. The van der Waals surface area contributed by atoms with Crippen LogP contribution in [0.15, 0.2) is 48.5 Å². The molecule has 6 heteroatoms. The predicted octanol–water partition coefficient (Wildman–Crippen LogP) is 5.89. The van der Waals surface area contributed by atoms with E-state index in [0.717, 1.165) is 17.0 Å². The normalized spacial score (nSPS) is 19.3. The van der Waals surface area contributed by atoms with E-state index in [-0.39, 0.29) is 11.2 Å². The van der Waals surface area contributed by atoms with E-state index in [9.17, 15) is 0 Å². The van der Waals surface area contributed by atoms with Crippen molar-refractivity contribution in [3.05, 3.63) is 59.7 Å². The van der Waals surface area contributed by atoms with Gasteiger partial charge in [0.25, 0.3) is 0 Å². The maximum Gasteiger partial charge on any atom is 0.215 e. The molecule has 146 valence electrons. The molecule has 1 atom stereocenters. The highest BCUT2D eigenvalue weighted by Crippen LogP contribution is 2.64. The second kappa shape index (κ2) is 8.32. The zero-order chi connectivity index (χ0) is 19.5. The van der Waals surface area contributed by atoms with E-state index < -0.39 is 6.49 Å². The van der Waals surface area contributed by atoms with Crippen molar-refractivity contribution in [3.63, 3.8) is 0 Å². The van der Waals surface area contributed by atoms with Crippen LogP contribution in [0.4, 0.5) is 5.69 Å². The first-order valence-electron chi connectivity index (χ1n) is 9.26. The molecule has 0 saturated carbocycles. The number of anilines is 1. The molecule has 1 aliphatic heterocycles. The van der Waals surface area contributed by atoms with Crippen molar-refractivity contribution in [2.45, 2.75) is 33.5 Å². The van der Waals surface area contributed by atoms with E-state index in [4.69, 9.17) is 25.6 Å². The van der Waals surface area contributed by atoms with Gasteiger partial charge in [-0.05, 0) is 55.5 Å². The summed E-state index contributed by atoms with van der Waals surface area (Å²) in [6, 6.07) is 16.3. The lowest BCUT2D eigenvalue weighted by Gasteiger charge is -2.40. The summed E-state index contributed by atoms with van der Waals surface area (Å²) < 4.78 is 17.9. The average Bonchev–Trinajstić information content (AvgIpc) is 2.65. The van der Waals surface area contributed by atoms with Crippen LogP contribution >= 0.6 is 6.49 Å². The van der Waals surface area contributed by atoms with Gasteiger partial charge in [-0.15, -0.1) is 0 Å². The molecule has 0 bridgehead atoms. The minimum atomic E-state index is -2.54. The number of hydrogen-bond donors (Lipinski definition) is 1. The molecule has 4 nitrogen and oxygen atoms in total. The molecule has 0 aromatic heterocycles. The van der Waals surface area contributed by atoms with Crippen LogP contribution in [0.25, 0.3) is 0 Å². The monoisotopic (exact) mass is 405 g/mol. The largest absolute Gasteiger partial charge is 0.494 e. The lowest BCUT2D eigenvalue weighted by molar-refractivity contribution is 0.0579. The van der Waals surface area contributed by atoms with Gasteiger partial charge in [0.05, 0.1) is 19.8 Å². The molecule has 1 N–H and O–H groups in total. The van der Waals surface area contributed by atoms with E-state index in [0.29, 0.717) is 19.8 Å². The molecule has 1 saturated heterocycles. The third-order valence-corrected chi connectivity index (χ3v) is 7.75. The molecule has 2 aromatic rings. The van der Waals surface area contributed by atoms with E-state index in [1.54, 1.807) is 0 Å². The highest BCUT2D eigenvalue weighted by molar-refractivity contribution is 8.10. The Labute approximate surface area is 167 Å². The molecule has 3 rings (SSSR count). The van der Waals surface area contributed by atoms with Gasteiger partial charge in [-0.25, -0.2) is 0 Å². The van der Waals surface area contributed by atoms with E-state index >= 15 is 0 Å². The number of benzene rings is 2. The third kappa shape index (κ3) is 5.11. The summed E-state index contributed by atoms with van der Waals surface area (Å²) in [7, 11) is 0. The predicted molar refractivity (Wildman–Crippen MR) is 115 cm³/mol. The molecule has 0 aliphatic carbocycles. The maximum absolute atomic E-state index is 6.18. The lowest BCUT2D eigenvalue weighted by atomic mass is 9.97. The molecule has 1 unspecified atom stereocenters. The Morgan fingerprint density at radius 1 is 1.07 bits per heavy atom. The Morgan fingerprint density at radius 2 is 1.67 bits per heavy atom. The quantitative estimate of drug-likeness (QED) is 0.607. The summed E-state index contributed by atoms with van der Waals surface area (Å²) >= 11 is 5.94. The minimum absolute atomic E-state index is 0.0146. The molecular weight excluding hydrogens is 377 g/mol. The Bertz CT molecular complexity index is 791. The Balaban J connectivity index is 1.88. The van der Waals surface area contributed by atoms with Crippen molar-refractivity contribution in [1.82, 2.24) is 0 Å². The lowest BCUT2D eigenvalue weighted by Crippen LogP contribution is -2.31. The molecule has 1 heterocycles. The molecule has 1 fully saturated rings. The van der Waals surface area contributed by atoms with Gasteiger partial charge in [-0.3, -0.25) is 0 Å².